The summed E-state index contributed by atoms with van der Waals surface area (Å²) in [5.41, 5.74) is 0. The summed E-state index contributed by atoms with van der Waals surface area (Å²) in [6.07, 6.45) is 0. The first kappa shape index (κ1) is 16.5. The van der Waals surface area contributed by atoms with Gasteiger partial charge in [0.05, 0.1) is 0 Å². The van der Waals surface area contributed by atoms with E-state index in [1.165, 1.54) is 0 Å². The molecule has 0 amide bonds. The van der Waals surface area contributed by atoms with Gasteiger partial charge >= 0.3 is 29.6 Å². The van der Waals surface area contributed by atoms with E-state index in [9.17, 15) is 0 Å². The summed E-state index contributed by atoms with van der Waals surface area (Å²) in [4.78, 5) is -0.407. The van der Waals surface area contributed by atoms with Gasteiger partial charge in [0.2, 0.25) is 8.13 Å². The second kappa shape index (κ2) is 5.80. The van der Waals surface area contributed by atoms with Crippen LogP contribution in [0.4, 0.5) is 0 Å². The average Bonchev–Trinajstić information content (AvgIpc) is 1.62. The average molecular weight is 308 g/mol. The van der Waals surface area contributed by atoms with Crippen molar-refractivity contribution in [2.45, 2.75) is 8.13 Å². The Morgan fingerprint density at radius 2 is 1.09 bits per heavy atom. The molecule has 0 N–H and O–H groups in total. The summed E-state index contributed by atoms with van der Waals surface area (Å²) in [6.45, 7) is 0. The van der Waals surface area contributed by atoms with Gasteiger partial charge in [-0.15, -0.1) is 0 Å². The first-order chi connectivity index (χ1) is 4.19. The number of hydrogen-bond donors (Lipinski definition) is 0. The Morgan fingerprint density at radius 1 is 0.818 bits per heavy atom. The fourth-order valence-corrected chi connectivity index (χ4v) is 0.964. The van der Waals surface area contributed by atoms with Crippen LogP contribution < -0.4 is 0 Å². The van der Waals surface area contributed by atoms with Gasteiger partial charge in [-0.1, -0.05) is 81.2 Å². The molecule has 8 heteroatoms. The van der Waals surface area contributed by atoms with Crippen LogP contribution in [0.1, 0.15) is 0 Å². The van der Waals surface area contributed by atoms with Gasteiger partial charge in [0.25, 0.3) is 0 Å². The maximum atomic E-state index is 5.42. The van der Waals surface area contributed by atoms with Gasteiger partial charge in [0.15, 0.2) is 4.84 Å². The number of hydrogen-bond acceptors (Lipinski definition) is 0. The molecule has 0 heterocycles. The Morgan fingerprint density at radius 3 is 1.09 bits per heavy atom. The molecule has 0 atom stereocenters. The van der Waals surface area contributed by atoms with Gasteiger partial charge in [0.1, 0.15) is 0 Å². The normalized spacial score (nSPS) is 13.1. The van der Waals surface area contributed by atoms with Crippen molar-refractivity contribution in [2.75, 3.05) is 0 Å². The number of rotatable bonds is 1. The summed E-state index contributed by atoms with van der Waals surface area (Å²) < 4.78 is -3.81. The van der Waals surface area contributed by atoms with Crippen molar-refractivity contribution >= 4 is 111 Å². The SMILES string of the molecule is Cl[C](Cl)C(Cl)(Cl)C(Cl)(Cl)Cl.[NaH]. The van der Waals surface area contributed by atoms with Gasteiger partial charge in [-0.05, 0) is 0 Å². The van der Waals surface area contributed by atoms with Gasteiger partial charge in [0, 0.05) is 0 Å². The molecule has 0 aliphatic carbocycles. The van der Waals surface area contributed by atoms with Gasteiger partial charge in [-0.3, -0.25) is 0 Å². The Labute approximate surface area is 122 Å². The van der Waals surface area contributed by atoms with Crippen LogP contribution in [0.25, 0.3) is 0 Å². The molecule has 1 radical (unpaired) electrons. The minimum absolute atomic E-state index is 0. The number of halogens is 7. The van der Waals surface area contributed by atoms with Crippen molar-refractivity contribution in [2.24, 2.45) is 0 Å². The number of alkyl halides is 5. The van der Waals surface area contributed by atoms with Gasteiger partial charge in [-0.2, -0.15) is 0 Å². The van der Waals surface area contributed by atoms with Crippen molar-refractivity contribution in [3.05, 3.63) is 4.84 Å². The van der Waals surface area contributed by atoms with Crippen molar-refractivity contribution in [1.82, 2.24) is 0 Å². The second-order valence-corrected chi connectivity index (χ2v) is 5.89. The van der Waals surface area contributed by atoms with Crippen LogP contribution in [0.5, 0.6) is 0 Å². The van der Waals surface area contributed by atoms with E-state index in [1.807, 2.05) is 0 Å². The van der Waals surface area contributed by atoms with Crippen LogP contribution in [0.15, 0.2) is 0 Å². The molecule has 0 fully saturated rings. The summed E-state index contributed by atoms with van der Waals surface area (Å²) in [6, 6.07) is 0. The van der Waals surface area contributed by atoms with E-state index in [0.29, 0.717) is 0 Å². The zero-order valence-electron chi connectivity index (χ0n) is 4.15. The summed E-state index contributed by atoms with van der Waals surface area (Å²) in [5.74, 6) is 0. The van der Waals surface area contributed by atoms with E-state index in [-0.39, 0.29) is 29.6 Å². The van der Waals surface area contributed by atoms with Crippen LogP contribution in [0, 0.1) is 4.84 Å². The van der Waals surface area contributed by atoms with Crippen LogP contribution in [-0.2, 0) is 0 Å². The van der Waals surface area contributed by atoms with Crippen LogP contribution in [0.3, 0.4) is 0 Å². The zero-order valence-corrected chi connectivity index (χ0v) is 9.44. The monoisotopic (exact) mass is 305 g/mol. The first-order valence-electron chi connectivity index (χ1n) is 1.82. The van der Waals surface area contributed by atoms with Crippen LogP contribution >= 0.6 is 81.2 Å². The van der Waals surface area contributed by atoms with E-state index in [0.717, 1.165) is 0 Å². The molecule has 0 nitrogen and oxygen atoms in total. The Kier molecular flexibility index (Phi) is 8.68. The van der Waals surface area contributed by atoms with Crippen molar-refractivity contribution in [3.8, 4) is 0 Å². The molecule has 0 aliphatic rings. The molecule has 0 rings (SSSR count). The third-order valence-corrected chi connectivity index (χ3v) is 3.92. The molecule has 0 saturated heterocycles. The molecule has 0 aliphatic heterocycles. The Balaban J connectivity index is 0. The standard InChI is InChI=1S/C3Cl7.Na.H/c4-1(5)2(6,7)3(8,9)10;;. The van der Waals surface area contributed by atoms with E-state index in [2.05, 4.69) is 0 Å². The van der Waals surface area contributed by atoms with E-state index in [1.54, 1.807) is 0 Å². The first-order valence-corrected chi connectivity index (χ1v) is 4.47. The van der Waals surface area contributed by atoms with E-state index < -0.39 is 13.0 Å². The molecule has 0 saturated carbocycles. The zero-order chi connectivity index (χ0) is 8.58. The van der Waals surface area contributed by atoms with E-state index in [4.69, 9.17) is 81.2 Å². The molecule has 0 aromatic carbocycles. The van der Waals surface area contributed by atoms with Crippen LogP contribution in [-0.4, -0.2) is 37.7 Å². The molecule has 0 bridgehead atoms. The molecule has 0 spiro atoms. The molecule has 0 aromatic rings. The predicted octanol–water partition coefficient (Wildman–Crippen LogP) is 3.85. The van der Waals surface area contributed by atoms with Crippen LogP contribution in [0.2, 0.25) is 0 Å². The third kappa shape index (κ3) is 4.88. The minimum atomic E-state index is -1.94. The van der Waals surface area contributed by atoms with Crippen molar-refractivity contribution in [3.63, 3.8) is 0 Å². The topological polar surface area (TPSA) is 0 Å². The summed E-state index contributed by atoms with van der Waals surface area (Å²) in [7, 11) is 0. The Bertz CT molecular complexity index is 115. The van der Waals surface area contributed by atoms with Gasteiger partial charge in [-0.25, -0.2) is 0 Å². The fraction of sp³-hybridized carbons (Fsp3) is 0.667. The van der Waals surface area contributed by atoms with Gasteiger partial charge < -0.3 is 0 Å². The van der Waals surface area contributed by atoms with Crippen molar-refractivity contribution in [1.29, 1.82) is 0 Å². The molecular weight excluding hydrogens is 307 g/mol. The Hall–Kier alpha value is 3.03. The second-order valence-electron chi connectivity index (χ2n) is 1.33. The molecule has 0 aromatic heterocycles. The third-order valence-electron chi connectivity index (χ3n) is 0.593. The summed E-state index contributed by atoms with van der Waals surface area (Å²) in [5, 5.41) is 0. The quantitative estimate of drug-likeness (QED) is 0.510. The molecule has 11 heavy (non-hydrogen) atoms. The predicted molar refractivity (Wildman–Crippen MR) is 56.8 cm³/mol. The van der Waals surface area contributed by atoms with E-state index >= 15 is 0 Å². The maximum absolute atomic E-state index is 5.42. The molecule has 0 unspecified atom stereocenters. The van der Waals surface area contributed by atoms with Crippen molar-refractivity contribution < 1.29 is 0 Å². The molecular formula is C3HCl7Na. The molecule has 63 valence electrons. The fourth-order valence-electron chi connectivity index (χ4n) is 0.107. The summed E-state index contributed by atoms with van der Waals surface area (Å²) >= 11 is 37.2.